The fraction of sp³-hybridized carbons (Fsp3) is 0. The van der Waals surface area contributed by atoms with Crippen molar-refractivity contribution in [2.24, 2.45) is 0 Å². The standard InChI is InChI=1S/C7H4B2F2O2/c10-8-4-1-2-5(7(12)13)6(3-4)9-11/h1-3H,(H,12,13). The molecule has 0 heterocycles. The lowest BCUT2D eigenvalue weighted by Crippen LogP contribution is -2.26. The zero-order valence-electron chi connectivity index (χ0n) is 6.50. The van der Waals surface area contributed by atoms with Crippen LogP contribution in [0.5, 0.6) is 0 Å². The van der Waals surface area contributed by atoms with Crippen LogP contribution in [0, 0.1) is 0 Å². The molecule has 13 heavy (non-hydrogen) atoms. The molecule has 2 radical (unpaired) electrons. The highest BCUT2D eigenvalue weighted by molar-refractivity contribution is 6.52. The van der Waals surface area contributed by atoms with Gasteiger partial charge in [-0.1, -0.05) is 12.1 Å². The van der Waals surface area contributed by atoms with Gasteiger partial charge in [0.25, 0.3) is 0 Å². The highest BCUT2D eigenvalue weighted by Crippen LogP contribution is 1.94. The Hall–Kier alpha value is -1.32. The summed E-state index contributed by atoms with van der Waals surface area (Å²) in [5.74, 6) is -1.24. The summed E-state index contributed by atoms with van der Waals surface area (Å²) < 4.78 is 24.1. The van der Waals surface area contributed by atoms with Crippen molar-refractivity contribution < 1.29 is 18.5 Å². The van der Waals surface area contributed by atoms with Gasteiger partial charge in [-0.05, 0) is 17.0 Å². The molecule has 64 valence electrons. The molecule has 0 unspecified atom stereocenters. The second-order valence-electron chi connectivity index (χ2n) is 2.37. The van der Waals surface area contributed by atoms with E-state index < -0.39 is 5.97 Å². The number of carboxylic acid groups (broad SMARTS) is 1. The molecule has 1 N–H and O–H groups in total. The van der Waals surface area contributed by atoms with E-state index >= 15 is 0 Å². The first-order chi connectivity index (χ1) is 6.19. The average Bonchev–Trinajstić information content (AvgIpc) is 2.16. The minimum atomic E-state index is -1.24. The first-order valence-corrected chi connectivity index (χ1v) is 3.43. The third-order valence-corrected chi connectivity index (χ3v) is 1.55. The van der Waals surface area contributed by atoms with Crippen molar-refractivity contribution in [1.29, 1.82) is 0 Å². The van der Waals surface area contributed by atoms with Crippen molar-refractivity contribution in [3.05, 3.63) is 23.8 Å². The molecule has 0 bridgehead atoms. The van der Waals surface area contributed by atoms with Crippen molar-refractivity contribution in [1.82, 2.24) is 0 Å². The van der Waals surface area contributed by atoms with Crippen LogP contribution in [-0.2, 0) is 0 Å². The quantitative estimate of drug-likeness (QED) is 0.654. The smallest absolute Gasteiger partial charge is 0.392 e. The topological polar surface area (TPSA) is 37.3 Å². The number of carboxylic acids is 1. The molecular weight excluding hydrogens is 176 g/mol. The van der Waals surface area contributed by atoms with Gasteiger partial charge in [-0.15, -0.1) is 0 Å². The molecule has 2 nitrogen and oxygen atoms in total. The van der Waals surface area contributed by atoms with E-state index in [9.17, 15) is 13.4 Å². The second-order valence-corrected chi connectivity index (χ2v) is 2.37. The Balaban J connectivity index is 3.15. The highest BCUT2D eigenvalue weighted by atomic mass is 19.1. The van der Waals surface area contributed by atoms with Crippen LogP contribution < -0.4 is 10.9 Å². The summed E-state index contributed by atoms with van der Waals surface area (Å²) >= 11 is 0. The maximum atomic E-state index is 12.1. The van der Waals surface area contributed by atoms with E-state index in [2.05, 4.69) is 0 Å². The lowest BCUT2D eigenvalue weighted by Gasteiger charge is -2.01. The van der Waals surface area contributed by atoms with Gasteiger partial charge in [-0.25, -0.2) is 4.79 Å². The molecule has 1 rings (SSSR count). The number of halogens is 2. The molecule has 0 aliphatic rings. The monoisotopic (exact) mass is 180 g/mol. The van der Waals surface area contributed by atoms with Crippen molar-refractivity contribution in [2.75, 3.05) is 0 Å². The Morgan fingerprint density at radius 2 is 2.00 bits per heavy atom. The first kappa shape index (κ1) is 9.77. The Morgan fingerprint density at radius 1 is 1.31 bits per heavy atom. The molecule has 0 spiro atoms. The van der Waals surface area contributed by atoms with E-state index in [4.69, 9.17) is 5.11 Å². The minimum Gasteiger partial charge on any atom is -0.478 e. The summed E-state index contributed by atoms with van der Waals surface area (Å²) in [6.07, 6.45) is 0. The lowest BCUT2D eigenvalue weighted by atomic mass is 9.80. The summed E-state index contributed by atoms with van der Waals surface area (Å²) in [6.45, 7) is 0. The fourth-order valence-electron chi connectivity index (χ4n) is 0.934. The van der Waals surface area contributed by atoms with E-state index in [-0.39, 0.29) is 31.6 Å². The second kappa shape index (κ2) is 4.07. The first-order valence-electron chi connectivity index (χ1n) is 3.43. The van der Waals surface area contributed by atoms with Crippen molar-refractivity contribution >= 4 is 32.0 Å². The van der Waals surface area contributed by atoms with Crippen LogP contribution in [-0.4, -0.2) is 26.2 Å². The Morgan fingerprint density at radius 3 is 2.46 bits per heavy atom. The average molecular weight is 180 g/mol. The van der Waals surface area contributed by atoms with Crippen LogP contribution in [0.1, 0.15) is 10.4 Å². The fourth-order valence-corrected chi connectivity index (χ4v) is 0.934. The zero-order valence-corrected chi connectivity index (χ0v) is 6.50. The van der Waals surface area contributed by atoms with Gasteiger partial charge < -0.3 is 13.7 Å². The molecule has 0 saturated heterocycles. The van der Waals surface area contributed by atoms with E-state index in [0.29, 0.717) is 0 Å². The maximum absolute atomic E-state index is 12.1. The normalized spacial score (nSPS) is 9.38. The number of benzene rings is 1. The van der Waals surface area contributed by atoms with Crippen LogP contribution in [0.4, 0.5) is 8.63 Å². The largest absolute Gasteiger partial charge is 0.478 e. The molecule has 0 fully saturated rings. The van der Waals surface area contributed by atoms with Gasteiger partial charge in [0.2, 0.25) is 0 Å². The number of aromatic carboxylic acids is 1. The minimum absolute atomic E-state index is 0.133. The van der Waals surface area contributed by atoms with Crippen molar-refractivity contribution in [3.63, 3.8) is 0 Å². The Kier molecular flexibility index (Phi) is 3.06. The Bertz CT molecular complexity index is 330. The summed E-state index contributed by atoms with van der Waals surface area (Å²) in [6, 6.07) is 3.53. The highest BCUT2D eigenvalue weighted by Gasteiger charge is 2.11. The summed E-state index contributed by atoms with van der Waals surface area (Å²) in [5, 5.41) is 8.57. The molecular formula is C7H4B2F2O2. The van der Waals surface area contributed by atoms with Crippen LogP contribution in [0.25, 0.3) is 0 Å². The number of carbonyl (C=O) groups is 1. The van der Waals surface area contributed by atoms with Gasteiger partial charge in [0, 0.05) is 0 Å². The van der Waals surface area contributed by atoms with Gasteiger partial charge in [-0.3, -0.25) is 0 Å². The predicted molar refractivity (Wildman–Crippen MR) is 46.4 cm³/mol. The summed E-state index contributed by atoms with van der Waals surface area (Å²) in [7, 11) is 0.412. The number of hydrogen-bond acceptors (Lipinski definition) is 1. The molecule has 0 saturated carbocycles. The zero-order chi connectivity index (χ0) is 9.84. The van der Waals surface area contributed by atoms with E-state index in [1.165, 1.54) is 6.07 Å². The molecule has 1 aromatic rings. The van der Waals surface area contributed by atoms with Crippen molar-refractivity contribution in [3.8, 4) is 0 Å². The number of hydrogen-bond donors (Lipinski definition) is 1. The SMILES string of the molecule is O=C(O)c1ccc([B]F)cc1[B]F. The van der Waals surface area contributed by atoms with E-state index in [1.54, 1.807) is 0 Å². The molecule has 0 aliphatic carbocycles. The van der Waals surface area contributed by atoms with Crippen LogP contribution in [0.3, 0.4) is 0 Å². The third kappa shape index (κ3) is 2.08. The molecule has 0 atom stereocenters. The Labute approximate surface area is 75.2 Å². The van der Waals surface area contributed by atoms with Crippen LogP contribution >= 0.6 is 0 Å². The number of rotatable bonds is 3. The van der Waals surface area contributed by atoms with Gasteiger partial charge in [-0.2, -0.15) is 0 Å². The molecule has 1 aromatic carbocycles. The molecule has 0 aliphatic heterocycles. The van der Waals surface area contributed by atoms with Gasteiger partial charge in [0.05, 0.1) is 5.56 Å². The predicted octanol–water partition coefficient (Wildman–Crippen LogP) is -0.187. The van der Waals surface area contributed by atoms with Crippen molar-refractivity contribution in [2.45, 2.75) is 0 Å². The summed E-state index contributed by atoms with van der Waals surface area (Å²) in [5.41, 5.74) is -0.194. The summed E-state index contributed by atoms with van der Waals surface area (Å²) in [4.78, 5) is 10.5. The maximum Gasteiger partial charge on any atom is 0.392 e. The van der Waals surface area contributed by atoms with Crippen LogP contribution in [0.15, 0.2) is 18.2 Å². The molecule has 0 amide bonds. The molecule has 6 heteroatoms. The van der Waals surface area contributed by atoms with Crippen LogP contribution in [0.2, 0.25) is 0 Å². The van der Waals surface area contributed by atoms with E-state index in [1.807, 2.05) is 0 Å². The third-order valence-electron chi connectivity index (χ3n) is 1.55. The lowest BCUT2D eigenvalue weighted by molar-refractivity contribution is 0.0698. The van der Waals surface area contributed by atoms with Gasteiger partial charge >= 0.3 is 21.1 Å². The van der Waals surface area contributed by atoms with Gasteiger partial charge in [0.1, 0.15) is 0 Å². The molecule has 0 aromatic heterocycles. The van der Waals surface area contributed by atoms with Gasteiger partial charge in [0.15, 0.2) is 0 Å². The van der Waals surface area contributed by atoms with E-state index in [0.717, 1.165) is 12.1 Å².